The molecule has 1 aromatic heterocycles. The molecule has 0 amide bonds. The molecule has 5 nitrogen and oxygen atoms in total. The summed E-state index contributed by atoms with van der Waals surface area (Å²) in [7, 11) is 1.55. The van der Waals surface area contributed by atoms with E-state index in [2.05, 4.69) is 10.3 Å². The molecule has 2 N–H and O–H groups in total. The first kappa shape index (κ1) is 11.5. The third-order valence-electron chi connectivity index (χ3n) is 1.93. The Morgan fingerprint density at radius 1 is 1.60 bits per heavy atom. The van der Waals surface area contributed by atoms with Gasteiger partial charge in [-0.15, -0.1) is 0 Å². The number of carboxylic acid groups (broad SMARTS) is 1. The number of carbonyl (C=O) groups is 1. The van der Waals surface area contributed by atoms with E-state index in [9.17, 15) is 4.79 Å². The zero-order valence-corrected chi connectivity index (χ0v) is 8.51. The van der Waals surface area contributed by atoms with E-state index < -0.39 is 12.0 Å². The minimum atomic E-state index is -0.885. The SMILES string of the molecule is COCCC(Nc1ccncc1)C(=O)O. The summed E-state index contributed by atoms with van der Waals surface area (Å²) in [5, 5.41) is 11.8. The van der Waals surface area contributed by atoms with Gasteiger partial charge in [-0.1, -0.05) is 0 Å². The molecule has 1 aromatic rings. The van der Waals surface area contributed by atoms with Gasteiger partial charge in [0.15, 0.2) is 0 Å². The number of carboxylic acids is 1. The summed E-state index contributed by atoms with van der Waals surface area (Å²) in [5.41, 5.74) is 0.744. The van der Waals surface area contributed by atoms with Crippen molar-refractivity contribution in [3.05, 3.63) is 24.5 Å². The number of aliphatic carboxylic acids is 1. The van der Waals surface area contributed by atoms with Crippen LogP contribution in [0.3, 0.4) is 0 Å². The van der Waals surface area contributed by atoms with Gasteiger partial charge in [-0.25, -0.2) is 4.79 Å². The topological polar surface area (TPSA) is 71.5 Å². The van der Waals surface area contributed by atoms with E-state index in [4.69, 9.17) is 9.84 Å². The summed E-state index contributed by atoms with van der Waals surface area (Å²) >= 11 is 0. The molecule has 0 bridgehead atoms. The minimum absolute atomic E-state index is 0.412. The second-order valence-electron chi connectivity index (χ2n) is 3.05. The van der Waals surface area contributed by atoms with Crippen LogP contribution in [-0.4, -0.2) is 35.8 Å². The van der Waals surface area contributed by atoms with Crippen LogP contribution in [0.4, 0.5) is 5.69 Å². The van der Waals surface area contributed by atoms with Gasteiger partial charge in [0.2, 0.25) is 0 Å². The van der Waals surface area contributed by atoms with E-state index in [0.717, 1.165) is 5.69 Å². The maximum Gasteiger partial charge on any atom is 0.326 e. The average Bonchev–Trinajstić information content (AvgIpc) is 2.25. The van der Waals surface area contributed by atoms with Crippen LogP contribution in [0.2, 0.25) is 0 Å². The van der Waals surface area contributed by atoms with Crippen molar-refractivity contribution < 1.29 is 14.6 Å². The second-order valence-corrected chi connectivity index (χ2v) is 3.05. The van der Waals surface area contributed by atoms with Gasteiger partial charge in [-0.2, -0.15) is 0 Å². The van der Waals surface area contributed by atoms with Crippen molar-refractivity contribution in [1.82, 2.24) is 4.98 Å². The zero-order chi connectivity index (χ0) is 11.1. The van der Waals surface area contributed by atoms with E-state index in [1.807, 2.05) is 0 Å². The fraction of sp³-hybridized carbons (Fsp3) is 0.400. The van der Waals surface area contributed by atoms with E-state index >= 15 is 0 Å². The lowest BCUT2D eigenvalue weighted by molar-refractivity contribution is -0.138. The molecule has 1 atom stereocenters. The number of aromatic nitrogens is 1. The quantitative estimate of drug-likeness (QED) is 0.732. The van der Waals surface area contributed by atoms with E-state index in [1.54, 1.807) is 31.6 Å². The van der Waals surface area contributed by atoms with E-state index in [1.165, 1.54) is 0 Å². The van der Waals surface area contributed by atoms with Gasteiger partial charge >= 0.3 is 5.97 Å². The molecule has 0 aromatic carbocycles. The lowest BCUT2D eigenvalue weighted by Gasteiger charge is -2.14. The fourth-order valence-electron chi connectivity index (χ4n) is 1.14. The minimum Gasteiger partial charge on any atom is -0.480 e. The standard InChI is InChI=1S/C10H14N2O3/c1-15-7-4-9(10(13)14)12-8-2-5-11-6-3-8/h2-3,5-6,9H,4,7H2,1H3,(H,11,12)(H,13,14). The number of pyridine rings is 1. The van der Waals surface area contributed by atoms with Crippen LogP contribution in [0, 0.1) is 0 Å². The van der Waals surface area contributed by atoms with Crippen LogP contribution in [0.15, 0.2) is 24.5 Å². The molecule has 0 spiro atoms. The summed E-state index contributed by atoms with van der Waals surface area (Å²) < 4.78 is 4.84. The second kappa shape index (κ2) is 5.98. The first-order chi connectivity index (χ1) is 7.24. The molecule has 0 aliphatic heterocycles. The van der Waals surface area contributed by atoms with Crippen molar-refractivity contribution in [3.63, 3.8) is 0 Å². The third kappa shape index (κ3) is 3.95. The molecule has 0 saturated heterocycles. The van der Waals surface area contributed by atoms with Crippen molar-refractivity contribution in [2.75, 3.05) is 19.0 Å². The number of rotatable bonds is 6. The first-order valence-electron chi connectivity index (χ1n) is 4.62. The number of nitrogens with one attached hydrogen (secondary N) is 1. The van der Waals surface area contributed by atoms with Crippen LogP contribution < -0.4 is 5.32 Å². The number of anilines is 1. The fourth-order valence-corrected chi connectivity index (χ4v) is 1.14. The first-order valence-corrected chi connectivity index (χ1v) is 4.62. The highest BCUT2D eigenvalue weighted by Crippen LogP contribution is 2.07. The highest BCUT2D eigenvalue weighted by atomic mass is 16.5. The summed E-state index contributed by atoms with van der Waals surface area (Å²) in [5.74, 6) is -0.885. The Morgan fingerprint density at radius 2 is 2.27 bits per heavy atom. The Bertz CT molecular complexity index is 303. The Hall–Kier alpha value is -1.62. The Balaban J connectivity index is 2.55. The van der Waals surface area contributed by atoms with Gasteiger partial charge in [-0.05, 0) is 12.1 Å². The Morgan fingerprint density at radius 3 is 2.80 bits per heavy atom. The van der Waals surface area contributed by atoms with Gasteiger partial charge in [0.05, 0.1) is 0 Å². The highest BCUT2D eigenvalue weighted by Gasteiger charge is 2.16. The summed E-state index contributed by atoms with van der Waals surface area (Å²) in [6.07, 6.45) is 3.64. The zero-order valence-electron chi connectivity index (χ0n) is 8.51. The number of nitrogens with zero attached hydrogens (tertiary/aromatic N) is 1. The molecule has 0 aliphatic rings. The van der Waals surface area contributed by atoms with Crippen LogP contribution >= 0.6 is 0 Å². The van der Waals surface area contributed by atoms with Gasteiger partial charge in [0, 0.05) is 38.2 Å². The monoisotopic (exact) mass is 210 g/mol. The largest absolute Gasteiger partial charge is 0.480 e. The molecular weight excluding hydrogens is 196 g/mol. The van der Waals surface area contributed by atoms with Crippen molar-refractivity contribution >= 4 is 11.7 Å². The van der Waals surface area contributed by atoms with Crippen molar-refractivity contribution in [2.45, 2.75) is 12.5 Å². The van der Waals surface area contributed by atoms with Gasteiger partial charge in [-0.3, -0.25) is 4.98 Å². The van der Waals surface area contributed by atoms with Crippen LogP contribution in [0.1, 0.15) is 6.42 Å². The molecule has 5 heteroatoms. The summed E-state index contributed by atoms with van der Waals surface area (Å²) in [6.45, 7) is 0.412. The van der Waals surface area contributed by atoms with Crippen molar-refractivity contribution in [2.24, 2.45) is 0 Å². The van der Waals surface area contributed by atoms with Crippen molar-refractivity contribution in [3.8, 4) is 0 Å². The third-order valence-corrected chi connectivity index (χ3v) is 1.93. The maximum absolute atomic E-state index is 10.9. The van der Waals surface area contributed by atoms with Crippen LogP contribution in [-0.2, 0) is 9.53 Å². The molecule has 0 saturated carbocycles. The van der Waals surface area contributed by atoms with E-state index in [0.29, 0.717) is 13.0 Å². The maximum atomic E-state index is 10.9. The predicted octanol–water partition coefficient (Wildman–Crippen LogP) is 0.983. The molecule has 0 aliphatic carbocycles. The molecule has 0 radical (unpaired) electrons. The van der Waals surface area contributed by atoms with Crippen LogP contribution in [0.25, 0.3) is 0 Å². The normalized spacial score (nSPS) is 12.1. The van der Waals surface area contributed by atoms with Crippen molar-refractivity contribution in [1.29, 1.82) is 0 Å². The molecule has 0 fully saturated rings. The Kier molecular flexibility index (Phi) is 4.56. The van der Waals surface area contributed by atoms with Gasteiger partial charge < -0.3 is 15.2 Å². The highest BCUT2D eigenvalue weighted by molar-refractivity contribution is 5.77. The lowest BCUT2D eigenvalue weighted by atomic mass is 10.2. The number of ether oxygens (including phenoxy) is 1. The smallest absolute Gasteiger partial charge is 0.326 e. The number of methoxy groups -OCH3 is 1. The number of hydrogen-bond donors (Lipinski definition) is 2. The molecule has 15 heavy (non-hydrogen) atoms. The molecule has 1 heterocycles. The average molecular weight is 210 g/mol. The Labute approximate surface area is 88.1 Å². The predicted molar refractivity (Wildman–Crippen MR) is 55.8 cm³/mol. The number of hydrogen-bond acceptors (Lipinski definition) is 4. The summed E-state index contributed by atoms with van der Waals surface area (Å²) in [6, 6.07) is 2.82. The van der Waals surface area contributed by atoms with E-state index in [-0.39, 0.29) is 0 Å². The van der Waals surface area contributed by atoms with Crippen LogP contribution in [0.5, 0.6) is 0 Å². The van der Waals surface area contributed by atoms with Gasteiger partial charge in [0.25, 0.3) is 0 Å². The molecule has 1 rings (SSSR count). The van der Waals surface area contributed by atoms with Gasteiger partial charge in [0.1, 0.15) is 6.04 Å². The molecule has 82 valence electrons. The lowest BCUT2D eigenvalue weighted by Crippen LogP contribution is -2.30. The molecule has 1 unspecified atom stereocenters. The summed E-state index contributed by atoms with van der Waals surface area (Å²) in [4.78, 5) is 14.7. The molecular formula is C10H14N2O3.